The van der Waals surface area contributed by atoms with Crippen LogP contribution < -0.4 is 10.6 Å². The summed E-state index contributed by atoms with van der Waals surface area (Å²) in [6.07, 6.45) is 2.71. The molecule has 0 saturated heterocycles. The van der Waals surface area contributed by atoms with Crippen LogP contribution in [0.15, 0.2) is 29.4 Å². The summed E-state index contributed by atoms with van der Waals surface area (Å²) in [7, 11) is 0. The van der Waals surface area contributed by atoms with E-state index in [1.807, 2.05) is 0 Å². The summed E-state index contributed by atoms with van der Waals surface area (Å²) in [5, 5.41) is 0.516. The third-order valence-corrected chi connectivity index (χ3v) is 1.92. The highest BCUT2D eigenvalue weighted by molar-refractivity contribution is 6.04. The van der Waals surface area contributed by atoms with E-state index < -0.39 is 5.82 Å². The zero-order chi connectivity index (χ0) is 9.42. The number of hydrogen-bond acceptors (Lipinski definition) is 2. The molecule has 2 rings (SSSR count). The lowest BCUT2D eigenvalue weighted by Gasteiger charge is -2.01. The molecule has 1 heterocycles. The smallest absolute Gasteiger partial charge is 0.189 e. The first-order chi connectivity index (χ1) is 6.20. The highest BCUT2D eigenvalue weighted by atomic mass is 19.1. The molecule has 1 aliphatic rings. The van der Waals surface area contributed by atoms with Gasteiger partial charge in [-0.3, -0.25) is 9.79 Å². The van der Waals surface area contributed by atoms with Gasteiger partial charge in [0.1, 0.15) is 5.82 Å². The van der Waals surface area contributed by atoms with Crippen molar-refractivity contribution in [1.29, 1.82) is 0 Å². The Kier molecular flexibility index (Phi) is 1.59. The zero-order valence-electron chi connectivity index (χ0n) is 6.75. The van der Waals surface area contributed by atoms with Crippen molar-refractivity contribution in [3.8, 4) is 0 Å². The molecule has 64 valence electrons. The van der Waals surface area contributed by atoms with Gasteiger partial charge < -0.3 is 0 Å². The average Bonchev–Trinajstić information content (AvgIpc) is 2.12. The summed E-state index contributed by atoms with van der Waals surface area (Å²) in [5.41, 5.74) is 0.411. The molecule has 0 saturated carbocycles. The summed E-state index contributed by atoms with van der Waals surface area (Å²) in [6.45, 7) is 3.51. The topological polar surface area (TPSA) is 29.4 Å². The standard InChI is InChI=1S/C10H6FNO/c1-6-8(11)3-2-7-9(13)4-5-12-10(6)7/h2-5H,1H2. The molecule has 0 atom stereocenters. The normalized spacial score (nSPS) is 13.8. The van der Waals surface area contributed by atoms with E-state index in [2.05, 4.69) is 11.6 Å². The summed E-state index contributed by atoms with van der Waals surface area (Å²) in [5.74, 6) is -0.597. The van der Waals surface area contributed by atoms with Gasteiger partial charge in [0.2, 0.25) is 0 Å². The number of rotatable bonds is 0. The van der Waals surface area contributed by atoms with Crippen LogP contribution in [0.3, 0.4) is 0 Å². The Hall–Kier alpha value is -1.77. The van der Waals surface area contributed by atoms with Crippen molar-refractivity contribution >= 4 is 12.4 Å². The van der Waals surface area contributed by atoms with Gasteiger partial charge in [0, 0.05) is 23.1 Å². The van der Waals surface area contributed by atoms with Crippen LogP contribution in [0.5, 0.6) is 0 Å². The van der Waals surface area contributed by atoms with Gasteiger partial charge in [-0.15, -0.1) is 0 Å². The van der Waals surface area contributed by atoms with Gasteiger partial charge in [-0.05, 0) is 12.1 Å². The van der Waals surface area contributed by atoms with Crippen LogP contribution in [0.1, 0.15) is 10.4 Å². The van der Waals surface area contributed by atoms with Crippen LogP contribution >= 0.6 is 0 Å². The van der Waals surface area contributed by atoms with Crippen LogP contribution in [0.4, 0.5) is 4.39 Å². The third kappa shape index (κ3) is 1.09. The lowest BCUT2D eigenvalue weighted by molar-refractivity contribution is 0.104. The number of carbonyl (C=O) groups excluding carboxylic acids is 1. The van der Waals surface area contributed by atoms with Gasteiger partial charge in [-0.1, -0.05) is 6.58 Å². The second-order valence-electron chi connectivity index (χ2n) is 2.73. The molecule has 0 amide bonds. The molecule has 1 aliphatic heterocycles. The highest BCUT2D eigenvalue weighted by Crippen LogP contribution is 1.99. The summed E-state index contributed by atoms with van der Waals surface area (Å²) >= 11 is 0. The maximum absolute atomic E-state index is 13.0. The summed E-state index contributed by atoms with van der Waals surface area (Å²) in [6, 6.07) is 2.66. The Labute approximate surface area is 73.7 Å². The number of halogens is 1. The molecule has 13 heavy (non-hydrogen) atoms. The Morgan fingerprint density at radius 3 is 2.92 bits per heavy atom. The SMILES string of the molecule is C=c1c(F)ccc2c1=NC=CC2=O. The molecule has 0 aromatic heterocycles. The van der Waals surface area contributed by atoms with Gasteiger partial charge in [-0.25, -0.2) is 4.39 Å². The van der Waals surface area contributed by atoms with E-state index in [0.29, 0.717) is 10.9 Å². The van der Waals surface area contributed by atoms with Crippen molar-refractivity contribution in [2.75, 3.05) is 0 Å². The van der Waals surface area contributed by atoms with Crippen molar-refractivity contribution in [2.24, 2.45) is 4.99 Å². The Morgan fingerprint density at radius 1 is 1.38 bits per heavy atom. The van der Waals surface area contributed by atoms with E-state index >= 15 is 0 Å². The predicted octanol–water partition coefficient (Wildman–Crippen LogP) is 0.566. The first-order valence-electron chi connectivity index (χ1n) is 3.76. The predicted molar refractivity (Wildman–Crippen MR) is 46.2 cm³/mol. The van der Waals surface area contributed by atoms with Crippen molar-refractivity contribution < 1.29 is 9.18 Å². The molecule has 1 aromatic rings. The van der Waals surface area contributed by atoms with Gasteiger partial charge in [0.15, 0.2) is 5.78 Å². The van der Waals surface area contributed by atoms with E-state index in [1.54, 1.807) is 0 Å². The van der Waals surface area contributed by atoms with E-state index in [1.165, 1.54) is 24.4 Å². The lowest BCUT2D eigenvalue weighted by atomic mass is 10.1. The van der Waals surface area contributed by atoms with Crippen LogP contribution in [-0.2, 0) is 0 Å². The quantitative estimate of drug-likeness (QED) is 0.566. The second-order valence-corrected chi connectivity index (χ2v) is 2.73. The minimum absolute atomic E-state index is 0.157. The maximum Gasteiger partial charge on any atom is 0.189 e. The van der Waals surface area contributed by atoms with Crippen molar-refractivity contribution in [3.05, 3.63) is 46.4 Å². The van der Waals surface area contributed by atoms with Crippen LogP contribution in [0.25, 0.3) is 6.58 Å². The number of ketones is 1. The lowest BCUT2D eigenvalue weighted by Crippen LogP contribution is -2.33. The van der Waals surface area contributed by atoms with Crippen molar-refractivity contribution in [1.82, 2.24) is 0 Å². The molecule has 0 aliphatic carbocycles. The number of benzene rings is 1. The molecule has 0 radical (unpaired) electrons. The summed E-state index contributed by atoms with van der Waals surface area (Å²) in [4.78, 5) is 15.2. The number of allylic oxidation sites excluding steroid dienone is 1. The molecule has 0 unspecified atom stereocenters. The average molecular weight is 175 g/mol. The minimum atomic E-state index is -0.439. The fraction of sp³-hybridized carbons (Fsp3) is 0. The highest BCUT2D eigenvalue weighted by Gasteiger charge is 2.09. The number of carbonyl (C=O) groups is 1. The first kappa shape index (κ1) is 7.86. The van der Waals surface area contributed by atoms with Gasteiger partial charge in [0.05, 0.1) is 5.36 Å². The van der Waals surface area contributed by atoms with Gasteiger partial charge in [0.25, 0.3) is 0 Å². The fourth-order valence-electron chi connectivity index (χ4n) is 1.23. The largest absolute Gasteiger partial charge is 0.289 e. The molecule has 2 nitrogen and oxygen atoms in total. The van der Waals surface area contributed by atoms with E-state index in [0.717, 1.165) is 0 Å². The van der Waals surface area contributed by atoms with Gasteiger partial charge in [-0.2, -0.15) is 0 Å². The molecule has 3 heteroatoms. The Balaban J connectivity index is 2.94. The molecule has 1 aromatic carbocycles. The number of nitrogens with zero attached hydrogens (tertiary/aromatic N) is 1. The van der Waals surface area contributed by atoms with Crippen molar-refractivity contribution in [2.45, 2.75) is 0 Å². The van der Waals surface area contributed by atoms with Crippen LogP contribution in [0.2, 0.25) is 0 Å². The molecule has 0 spiro atoms. The summed E-state index contributed by atoms with van der Waals surface area (Å²) < 4.78 is 13.0. The van der Waals surface area contributed by atoms with Crippen molar-refractivity contribution in [3.63, 3.8) is 0 Å². The molecule has 0 N–H and O–H groups in total. The molecule has 0 bridgehead atoms. The molecule has 0 fully saturated rings. The van der Waals surface area contributed by atoms with Crippen LogP contribution in [-0.4, -0.2) is 5.78 Å². The fourth-order valence-corrected chi connectivity index (χ4v) is 1.23. The Bertz CT molecular complexity index is 516. The molecular formula is C10H6FNO. The Morgan fingerprint density at radius 2 is 2.15 bits per heavy atom. The van der Waals surface area contributed by atoms with E-state index in [4.69, 9.17) is 0 Å². The van der Waals surface area contributed by atoms with Gasteiger partial charge >= 0.3 is 0 Å². The second kappa shape index (κ2) is 2.62. The monoisotopic (exact) mass is 175 g/mol. The first-order valence-corrected chi connectivity index (χ1v) is 3.76. The third-order valence-electron chi connectivity index (χ3n) is 1.92. The zero-order valence-corrected chi connectivity index (χ0v) is 6.75. The van der Waals surface area contributed by atoms with E-state index in [9.17, 15) is 9.18 Å². The number of fused-ring (bicyclic) bond motifs is 1. The van der Waals surface area contributed by atoms with Crippen LogP contribution in [0, 0.1) is 5.82 Å². The minimum Gasteiger partial charge on any atom is -0.289 e. The number of hydrogen-bond donors (Lipinski definition) is 0. The molecular weight excluding hydrogens is 169 g/mol. The van der Waals surface area contributed by atoms with E-state index in [-0.39, 0.29) is 11.0 Å². The maximum atomic E-state index is 13.0.